The van der Waals surface area contributed by atoms with Crippen molar-refractivity contribution in [3.05, 3.63) is 29.3 Å². The molecular weight excluding hydrogens is 216 g/mol. The lowest BCUT2D eigenvalue weighted by molar-refractivity contribution is 0.0229. The summed E-state index contributed by atoms with van der Waals surface area (Å²) in [5.41, 5.74) is 7.55. The minimum Gasteiger partial charge on any atom is -0.399 e. The Morgan fingerprint density at radius 2 is 2.12 bits per heavy atom. The molecule has 1 aromatic rings. The number of ether oxygens (including phenoxy) is 1. The van der Waals surface area contributed by atoms with Crippen molar-refractivity contribution >= 4 is 11.6 Å². The summed E-state index contributed by atoms with van der Waals surface area (Å²) in [4.78, 5) is 11.9. The van der Waals surface area contributed by atoms with E-state index < -0.39 is 0 Å². The van der Waals surface area contributed by atoms with Gasteiger partial charge in [-0.05, 0) is 44.5 Å². The Kier molecular flexibility index (Phi) is 4.12. The number of carbonyl (C=O) groups excluding carboxylic acids is 1. The highest BCUT2D eigenvalue weighted by molar-refractivity contribution is 5.94. The van der Waals surface area contributed by atoms with E-state index in [9.17, 15) is 4.79 Å². The number of rotatable bonds is 4. The molecule has 0 radical (unpaired) electrons. The molecule has 0 saturated carbocycles. The highest BCUT2D eigenvalue weighted by Crippen LogP contribution is 2.13. The molecule has 0 fully saturated rings. The summed E-state index contributed by atoms with van der Waals surface area (Å²) in [7, 11) is 1.62. The summed E-state index contributed by atoms with van der Waals surface area (Å²) in [5.74, 6) is -0.113. The zero-order valence-corrected chi connectivity index (χ0v) is 10.8. The van der Waals surface area contributed by atoms with E-state index in [1.165, 1.54) is 0 Å². The molecule has 1 amide bonds. The minimum absolute atomic E-state index is 0.113. The lowest BCUT2D eigenvalue weighted by Crippen LogP contribution is -2.39. The molecule has 0 aliphatic heterocycles. The molecule has 17 heavy (non-hydrogen) atoms. The summed E-state index contributed by atoms with van der Waals surface area (Å²) >= 11 is 0. The van der Waals surface area contributed by atoms with E-state index in [1.807, 2.05) is 20.8 Å². The van der Waals surface area contributed by atoms with Crippen molar-refractivity contribution in [3.8, 4) is 0 Å². The number of benzene rings is 1. The Bertz CT molecular complexity index is 414. The molecule has 0 spiro atoms. The molecule has 0 unspecified atom stereocenters. The van der Waals surface area contributed by atoms with Gasteiger partial charge in [-0.15, -0.1) is 0 Å². The number of carbonyl (C=O) groups is 1. The maximum absolute atomic E-state index is 11.9. The van der Waals surface area contributed by atoms with Crippen LogP contribution in [-0.4, -0.2) is 25.2 Å². The molecule has 0 saturated heterocycles. The average molecular weight is 236 g/mol. The number of nitrogen functional groups attached to an aromatic ring is 1. The van der Waals surface area contributed by atoms with Crippen LogP contribution in [0.25, 0.3) is 0 Å². The van der Waals surface area contributed by atoms with Crippen molar-refractivity contribution < 1.29 is 9.53 Å². The third-order valence-electron chi connectivity index (χ3n) is 2.76. The topological polar surface area (TPSA) is 64.3 Å². The molecule has 4 nitrogen and oxygen atoms in total. The maximum Gasteiger partial charge on any atom is 0.251 e. The Balaban J connectivity index is 2.68. The smallest absolute Gasteiger partial charge is 0.251 e. The van der Waals surface area contributed by atoms with Crippen molar-refractivity contribution in [1.29, 1.82) is 0 Å². The summed E-state index contributed by atoms with van der Waals surface area (Å²) in [6.45, 7) is 6.18. The van der Waals surface area contributed by atoms with E-state index >= 15 is 0 Å². The van der Waals surface area contributed by atoms with Gasteiger partial charge in [0.1, 0.15) is 0 Å². The zero-order chi connectivity index (χ0) is 13.1. The van der Waals surface area contributed by atoms with Gasteiger partial charge in [0.15, 0.2) is 0 Å². The summed E-state index contributed by atoms with van der Waals surface area (Å²) in [5, 5.41) is 2.83. The van der Waals surface area contributed by atoms with Crippen LogP contribution < -0.4 is 11.1 Å². The fourth-order valence-corrected chi connectivity index (χ4v) is 1.28. The van der Waals surface area contributed by atoms with Gasteiger partial charge in [-0.1, -0.05) is 0 Å². The molecule has 94 valence electrons. The normalized spacial score (nSPS) is 11.3. The van der Waals surface area contributed by atoms with Crippen LogP contribution in [0.4, 0.5) is 5.69 Å². The first-order chi connectivity index (χ1) is 7.85. The van der Waals surface area contributed by atoms with Crippen LogP contribution in [0.1, 0.15) is 29.8 Å². The van der Waals surface area contributed by atoms with E-state index in [4.69, 9.17) is 10.5 Å². The first-order valence-electron chi connectivity index (χ1n) is 5.55. The van der Waals surface area contributed by atoms with Crippen LogP contribution in [0.2, 0.25) is 0 Å². The molecule has 0 aliphatic rings. The molecule has 3 N–H and O–H groups in total. The molecule has 0 atom stereocenters. The standard InChI is InChI=1S/C13H20N2O2/c1-9-7-10(5-6-11(9)14)12(16)15-8-13(2,3)17-4/h5-7H,8,14H2,1-4H3,(H,15,16). The van der Waals surface area contributed by atoms with Crippen LogP contribution in [0.5, 0.6) is 0 Å². The van der Waals surface area contributed by atoms with Crippen molar-refractivity contribution in [3.63, 3.8) is 0 Å². The molecule has 0 aromatic heterocycles. The van der Waals surface area contributed by atoms with Crippen LogP contribution in [0, 0.1) is 6.92 Å². The van der Waals surface area contributed by atoms with E-state index in [-0.39, 0.29) is 11.5 Å². The van der Waals surface area contributed by atoms with Crippen molar-refractivity contribution in [2.75, 3.05) is 19.4 Å². The number of aryl methyl sites for hydroxylation is 1. The summed E-state index contributed by atoms with van der Waals surface area (Å²) in [6, 6.07) is 5.24. The fourth-order valence-electron chi connectivity index (χ4n) is 1.28. The van der Waals surface area contributed by atoms with E-state index in [1.54, 1.807) is 25.3 Å². The molecule has 1 rings (SSSR count). The van der Waals surface area contributed by atoms with Crippen LogP contribution >= 0.6 is 0 Å². The first kappa shape index (κ1) is 13.5. The quantitative estimate of drug-likeness (QED) is 0.782. The van der Waals surface area contributed by atoms with Crippen molar-refractivity contribution in [2.45, 2.75) is 26.4 Å². The second-order valence-corrected chi connectivity index (χ2v) is 4.72. The Morgan fingerprint density at radius 1 is 1.47 bits per heavy atom. The molecular formula is C13H20N2O2. The van der Waals surface area contributed by atoms with Crippen molar-refractivity contribution in [1.82, 2.24) is 5.32 Å². The summed E-state index contributed by atoms with van der Waals surface area (Å²) in [6.07, 6.45) is 0. The van der Waals surface area contributed by atoms with Crippen LogP contribution in [0.3, 0.4) is 0 Å². The lowest BCUT2D eigenvalue weighted by Gasteiger charge is -2.23. The second-order valence-electron chi connectivity index (χ2n) is 4.72. The van der Waals surface area contributed by atoms with Crippen LogP contribution in [0.15, 0.2) is 18.2 Å². The van der Waals surface area contributed by atoms with Gasteiger partial charge in [0.25, 0.3) is 5.91 Å². The average Bonchev–Trinajstić information content (AvgIpc) is 2.30. The Labute approximate surface area is 102 Å². The SMILES string of the molecule is COC(C)(C)CNC(=O)c1ccc(N)c(C)c1. The second kappa shape index (κ2) is 5.19. The van der Waals surface area contributed by atoms with Gasteiger partial charge in [0.2, 0.25) is 0 Å². The third-order valence-corrected chi connectivity index (χ3v) is 2.76. The van der Waals surface area contributed by atoms with Gasteiger partial charge in [-0.3, -0.25) is 4.79 Å². The molecule has 0 heterocycles. The van der Waals surface area contributed by atoms with Gasteiger partial charge in [-0.2, -0.15) is 0 Å². The third kappa shape index (κ3) is 3.75. The number of amides is 1. The van der Waals surface area contributed by atoms with Gasteiger partial charge in [-0.25, -0.2) is 0 Å². The number of anilines is 1. The van der Waals surface area contributed by atoms with Gasteiger partial charge >= 0.3 is 0 Å². The van der Waals surface area contributed by atoms with E-state index in [0.29, 0.717) is 17.8 Å². The maximum atomic E-state index is 11.9. The molecule has 0 bridgehead atoms. The number of hydrogen-bond donors (Lipinski definition) is 2. The first-order valence-corrected chi connectivity index (χ1v) is 5.55. The Hall–Kier alpha value is -1.55. The lowest BCUT2D eigenvalue weighted by atomic mass is 10.1. The number of hydrogen-bond acceptors (Lipinski definition) is 3. The molecule has 0 aliphatic carbocycles. The number of nitrogens with one attached hydrogen (secondary N) is 1. The van der Waals surface area contributed by atoms with E-state index in [2.05, 4.69) is 5.32 Å². The van der Waals surface area contributed by atoms with E-state index in [0.717, 1.165) is 5.56 Å². The fraction of sp³-hybridized carbons (Fsp3) is 0.462. The Morgan fingerprint density at radius 3 is 2.65 bits per heavy atom. The number of nitrogens with two attached hydrogens (primary N) is 1. The summed E-state index contributed by atoms with van der Waals surface area (Å²) < 4.78 is 5.23. The molecule has 4 heteroatoms. The molecule has 1 aromatic carbocycles. The van der Waals surface area contributed by atoms with Gasteiger partial charge < -0.3 is 15.8 Å². The van der Waals surface area contributed by atoms with Gasteiger partial charge in [0.05, 0.1) is 5.60 Å². The predicted octanol–water partition coefficient (Wildman–Crippen LogP) is 1.73. The number of methoxy groups -OCH3 is 1. The highest BCUT2D eigenvalue weighted by Gasteiger charge is 2.17. The van der Waals surface area contributed by atoms with Crippen molar-refractivity contribution in [2.24, 2.45) is 0 Å². The van der Waals surface area contributed by atoms with Gasteiger partial charge in [0, 0.05) is 24.9 Å². The minimum atomic E-state index is -0.363. The largest absolute Gasteiger partial charge is 0.399 e. The highest BCUT2D eigenvalue weighted by atomic mass is 16.5. The zero-order valence-electron chi connectivity index (χ0n) is 10.8. The monoisotopic (exact) mass is 236 g/mol. The van der Waals surface area contributed by atoms with Crippen LogP contribution in [-0.2, 0) is 4.74 Å². The predicted molar refractivity (Wildman–Crippen MR) is 69.0 cm³/mol.